The fraction of sp³-hybridized carbons (Fsp3) is 0.250. The number of carbonyl (C=O) groups excluding carboxylic acids is 2. The first kappa shape index (κ1) is 17.5. The van der Waals surface area contributed by atoms with Crippen LogP contribution in [-0.4, -0.2) is 27.4 Å². The molecule has 2 rings (SSSR count). The summed E-state index contributed by atoms with van der Waals surface area (Å²) in [5, 5.41) is 0. The van der Waals surface area contributed by atoms with E-state index in [1.54, 1.807) is 6.92 Å². The lowest BCUT2D eigenvalue weighted by Crippen LogP contribution is -2.45. The Morgan fingerprint density at radius 2 is 1.88 bits per heavy atom. The number of carbonyl (C=O) groups is 2. The zero-order valence-electron chi connectivity index (χ0n) is 13.1. The first-order valence-electron chi connectivity index (χ1n) is 7.12. The summed E-state index contributed by atoms with van der Waals surface area (Å²) in [4.78, 5) is 48.0. The molecule has 0 atom stereocenters. The molecule has 0 aliphatic heterocycles. The van der Waals surface area contributed by atoms with Crippen LogP contribution in [-0.2, 0) is 11.5 Å². The van der Waals surface area contributed by atoms with Gasteiger partial charge < -0.3 is 4.74 Å². The van der Waals surface area contributed by atoms with E-state index in [-0.39, 0.29) is 34.8 Å². The predicted octanol–water partition coefficient (Wildman–Crippen LogP) is 1.03. The van der Waals surface area contributed by atoms with Crippen LogP contribution in [0.1, 0.15) is 34.6 Å². The lowest BCUT2D eigenvalue weighted by molar-refractivity contribution is 0.0797. The van der Waals surface area contributed by atoms with Gasteiger partial charge in [-0.3, -0.25) is 19.0 Å². The van der Waals surface area contributed by atoms with Gasteiger partial charge in [-0.05, 0) is 26.0 Å². The molecule has 0 saturated heterocycles. The standard InChI is InChI=1S/C16H15FN2O5/c1-3-24-9-18-8-13(17)15(22)19(16(18)23)14(21)12-6-4-5-11(7-12)10(2)20/h4-8H,3,9H2,1-2H3. The van der Waals surface area contributed by atoms with Crippen molar-refractivity contribution in [2.75, 3.05) is 6.61 Å². The van der Waals surface area contributed by atoms with E-state index in [4.69, 9.17) is 4.74 Å². The van der Waals surface area contributed by atoms with Crippen molar-refractivity contribution < 1.29 is 18.7 Å². The molecule has 0 unspecified atom stereocenters. The third kappa shape index (κ3) is 3.38. The van der Waals surface area contributed by atoms with Gasteiger partial charge in [-0.25, -0.2) is 4.79 Å². The summed E-state index contributed by atoms with van der Waals surface area (Å²) in [6.07, 6.45) is 0.691. The van der Waals surface area contributed by atoms with E-state index in [1.807, 2.05) is 0 Å². The summed E-state index contributed by atoms with van der Waals surface area (Å²) in [5.41, 5.74) is -2.21. The first-order chi connectivity index (χ1) is 11.4. The third-order valence-electron chi connectivity index (χ3n) is 3.27. The lowest BCUT2D eigenvalue weighted by atomic mass is 10.1. The Hall–Kier alpha value is -2.87. The Labute approximate surface area is 135 Å². The molecule has 0 fully saturated rings. The van der Waals surface area contributed by atoms with Crippen molar-refractivity contribution in [3.05, 3.63) is 68.2 Å². The first-order valence-corrected chi connectivity index (χ1v) is 7.12. The molecule has 8 heteroatoms. The number of ketones is 1. The second-order valence-corrected chi connectivity index (χ2v) is 4.93. The van der Waals surface area contributed by atoms with Gasteiger partial charge in [-0.1, -0.05) is 12.1 Å². The molecule has 0 radical (unpaired) electrons. The zero-order chi connectivity index (χ0) is 17.9. The van der Waals surface area contributed by atoms with Crippen molar-refractivity contribution in [3.8, 4) is 0 Å². The number of benzene rings is 1. The van der Waals surface area contributed by atoms with Crippen molar-refractivity contribution >= 4 is 11.7 Å². The minimum atomic E-state index is -1.36. The second kappa shape index (κ2) is 7.14. The van der Waals surface area contributed by atoms with Gasteiger partial charge in [-0.15, -0.1) is 0 Å². The molecule has 1 aromatic carbocycles. The van der Waals surface area contributed by atoms with E-state index in [0.29, 0.717) is 6.20 Å². The predicted molar refractivity (Wildman–Crippen MR) is 82.7 cm³/mol. The largest absolute Gasteiger partial charge is 0.361 e. The summed E-state index contributed by atoms with van der Waals surface area (Å²) in [6, 6.07) is 5.50. The average molecular weight is 334 g/mol. The van der Waals surface area contributed by atoms with Crippen LogP contribution in [0.25, 0.3) is 0 Å². The normalized spacial score (nSPS) is 10.6. The summed E-state index contributed by atoms with van der Waals surface area (Å²) in [7, 11) is 0. The Balaban J connectivity index is 2.59. The van der Waals surface area contributed by atoms with Crippen molar-refractivity contribution in [3.63, 3.8) is 0 Å². The topological polar surface area (TPSA) is 87.4 Å². The van der Waals surface area contributed by atoms with Gasteiger partial charge in [0.05, 0.1) is 6.20 Å². The maximum Gasteiger partial charge on any atom is 0.340 e. The third-order valence-corrected chi connectivity index (χ3v) is 3.27. The molecule has 1 aromatic heterocycles. The fourth-order valence-electron chi connectivity index (χ4n) is 2.03. The molecular weight excluding hydrogens is 319 g/mol. The maximum absolute atomic E-state index is 13.8. The van der Waals surface area contributed by atoms with E-state index < -0.39 is 23.0 Å². The Kier molecular flexibility index (Phi) is 5.20. The molecule has 0 saturated carbocycles. The summed E-state index contributed by atoms with van der Waals surface area (Å²) < 4.78 is 19.8. The van der Waals surface area contributed by atoms with Crippen LogP contribution in [0.3, 0.4) is 0 Å². The second-order valence-electron chi connectivity index (χ2n) is 4.93. The molecule has 0 spiro atoms. The van der Waals surface area contributed by atoms with Gasteiger partial charge in [-0.2, -0.15) is 8.96 Å². The zero-order valence-corrected chi connectivity index (χ0v) is 13.1. The van der Waals surface area contributed by atoms with Crippen molar-refractivity contribution in [2.24, 2.45) is 0 Å². The van der Waals surface area contributed by atoms with Crippen LogP contribution in [0.5, 0.6) is 0 Å². The van der Waals surface area contributed by atoms with Gasteiger partial charge in [0.25, 0.3) is 11.5 Å². The van der Waals surface area contributed by atoms with Crippen LogP contribution in [0.15, 0.2) is 40.1 Å². The molecular formula is C16H15FN2O5. The van der Waals surface area contributed by atoms with Gasteiger partial charge in [0.15, 0.2) is 5.78 Å². The number of hydrogen-bond acceptors (Lipinski definition) is 5. The number of hydrogen-bond donors (Lipinski definition) is 0. The van der Waals surface area contributed by atoms with Gasteiger partial charge in [0.1, 0.15) is 6.73 Å². The van der Waals surface area contributed by atoms with Crippen LogP contribution in [0.2, 0.25) is 0 Å². The minimum Gasteiger partial charge on any atom is -0.361 e. The van der Waals surface area contributed by atoms with E-state index in [1.165, 1.54) is 31.2 Å². The lowest BCUT2D eigenvalue weighted by Gasteiger charge is -2.10. The molecule has 0 N–H and O–H groups in total. The highest BCUT2D eigenvalue weighted by Crippen LogP contribution is 2.07. The summed E-state index contributed by atoms with van der Waals surface area (Å²) in [5.74, 6) is -2.56. The van der Waals surface area contributed by atoms with E-state index in [9.17, 15) is 23.6 Å². The maximum atomic E-state index is 13.8. The van der Waals surface area contributed by atoms with Crippen molar-refractivity contribution in [1.82, 2.24) is 9.13 Å². The highest BCUT2D eigenvalue weighted by molar-refractivity contribution is 6.00. The smallest absolute Gasteiger partial charge is 0.340 e. The highest BCUT2D eigenvalue weighted by atomic mass is 19.1. The molecule has 2 aromatic rings. The number of rotatable bonds is 5. The minimum absolute atomic E-state index is 0.0736. The van der Waals surface area contributed by atoms with Crippen LogP contribution in [0.4, 0.5) is 4.39 Å². The highest BCUT2D eigenvalue weighted by Gasteiger charge is 2.19. The Morgan fingerprint density at radius 3 is 2.50 bits per heavy atom. The van der Waals surface area contributed by atoms with Crippen molar-refractivity contribution in [1.29, 1.82) is 0 Å². The van der Waals surface area contributed by atoms with Crippen molar-refractivity contribution in [2.45, 2.75) is 20.6 Å². The molecule has 0 bridgehead atoms. The summed E-state index contributed by atoms with van der Waals surface area (Å²) in [6.45, 7) is 2.96. The van der Waals surface area contributed by atoms with Crippen LogP contribution >= 0.6 is 0 Å². The quantitative estimate of drug-likeness (QED) is 0.762. The van der Waals surface area contributed by atoms with E-state index in [0.717, 1.165) is 4.57 Å². The van der Waals surface area contributed by atoms with Gasteiger partial charge in [0.2, 0.25) is 5.82 Å². The number of Topliss-reactive ketones (excluding diaryl/α,β-unsaturated/α-hetero) is 1. The van der Waals surface area contributed by atoms with E-state index >= 15 is 0 Å². The Bertz CT molecular complexity index is 913. The van der Waals surface area contributed by atoms with E-state index in [2.05, 4.69) is 0 Å². The Morgan fingerprint density at radius 1 is 1.21 bits per heavy atom. The SMILES string of the molecule is CCOCn1cc(F)c(=O)n(C(=O)c2cccc(C(C)=O)c2)c1=O. The monoisotopic (exact) mass is 334 g/mol. The van der Waals surface area contributed by atoms with Gasteiger partial charge in [0, 0.05) is 17.7 Å². The number of nitrogens with zero attached hydrogens (tertiary/aromatic N) is 2. The molecule has 126 valence electrons. The fourth-order valence-corrected chi connectivity index (χ4v) is 2.03. The number of aromatic nitrogens is 2. The molecule has 24 heavy (non-hydrogen) atoms. The molecule has 1 heterocycles. The number of ether oxygens (including phenoxy) is 1. The van der Waals surface area contributed by atoms with Crippen LogP contribution in [0, 0.1) is 5.82 Å². The molecule has 7 nitrogen and oxygen atoms in total. The molecule has 0 aliphatic rings. The number of halogens is 1. The van der Waals surface area contributed by atoms with Gasteiger partial charge >= 0.3 is 5.69 Å². The summed E-state index contributed by atoms with van der Waals surface area (Å²) >= 11 is 0. The molecule has 0 amide bonds. The van der Waals surface area contributed by atoms with Crippen LogP contribution < -0.4 is 11.2 Å². The average Bonchev–Trinajstić information content (AvgIpc) is 2.57. The molecule has 0 aliphatic carbocycles.